The van der Waals surface area contributed by atoms with Crippen molar-refractivity contribution in [1.29, 1.82) is 0 Å². The maximum absolute atomic E-state index is 12.1. The molecule has 0 saturated heterocycles. The van der Waals surface area contributed by atoms with Gasteiger partial charge >= 0.3 is 0 Å². The fourth-order valence-corrected chi connectivity index (χ4v) is 2.18. The van der Waals surface area contributed by atoms with Gasteiger partial charge in [0.05, 0.1) is 25.0 Å². The molecule has 1 heterocycles. The van der Waals surface area contributed by atoms with Gasteiger partial charge in [-0.25, -0.2) is 4.68 Å². The van der Waals surface area contributed by atoms with Crippen molar-refractivity contribution in [2.45, 2.75) is 13.5 Å². The first-order valence-electron chi connectivity index (χ1n) is 5.85. The number of methoxy groups -OCH3 is 1. The lowest BCUT2D eigenvalue weighted by atomic mass is 10.3. The molecule has 0 bridgehead atoms. The van der Waals surface area contributed by atoms with Crippen molar-refractivity contribution in [3.05, 3.63) is 21.0 Å². The molecular formula is C11H19BrN4O2. The molecule has 2 N–H and O–H groups in total. The second-order valence-electron chi connectivity index (χ2n) is 3.73. The highest BCUT2D eigenvalue weighted by atomic mass is 79.9. The van der Waals surface area contributed by atoms with Crippen molar-refractivity contribution in [1.82, 2.24) is 9.78 Å². The third-order valence-corrected chi connectivity index (χ3v) is 3.34. The Bertz CT molecular complexity index is 436. The lowest BCUT2D eigenvalue weighted by Gasteiger charge is -2.23. The van der Waals surface area contributed by atoms with Crippen molar-refractivity contribution in [2.24, 2.45) is 5.73 Å². The maximum Gasteiger partial charge on any atom is 0.283 e. The minimum absolute atomic E-state index is 0.153. The summed E-state index contributed by atoms with van der Waals surface area (Å²) in [6.07, 6.45) is 1.68. The fraction of sp³-hybridized carbons (Fsp3) is 0.636. The number of aromatic nitrogens is 2. The molecule has 6 nitrogen and oxygen atoms in total. The van der Waals surface area contributed by atoms with E-state index in [1.54, 1.807) is 13.3 Å². The standard InChI is InChI=1S/C11H19BrN4O2/c1-3-15(5-4-13)9-8-14-16(6-7-18-2)11(17)10(9)12/h8H,3-7,13H2,1-2H3. The van der Waals surface area contributed by atoms with Crippen LogP contribution in [0.2, 0.25) is 0 Å². The molecule has 0 aliphatic heterocycles. The Kier molecular flexibility index (Phi) is 6.31. The van der Waals surface area contributed by atoms with Gasteiger partial charge in [0.1, 0.15) is 4.47 Å². The molecule has 0 radical (unpaired) electrons. The number of nitrogens with zero attached hydrogens (tertiary/aromatic N) is 3. The molecule has 0 spiro atoms. The first-order chi connectivity index (χ1) is 8.65. The highest BCUT2D eigenvalue weighted by Gasteiger charge is 2.13. The highest BCUT2D eigenvalue weighted by Crippen LogP contribution is 2.20. The van der Waals surface area contributed by atoms with Gasteiger partial charge in [-0.3, -0.25) is 4.79 Å². The van der Waals surface area contributed by atoms with Crippen molar-refractivity contribution < 1.29 is 4.74 Å². The summed E-state index contributed by atoms with van der Waals surface area (Å²) >= 11 is 3.34. The minimum atomic E-state index is -0.153. The van der Waals surface area contributed by atoms with Crippen LogP contribution in [0.4, 0.5) is 5.69 Å². The van der Waals surface area contributed by atoms with E-state index in [0.717, 1.165) is 12.2 Å². The van der Waals surface area contributed by atoms with Crippen LogP contribution in [0.5, 0.6) is 0 Å². The number of rotatable bonds is 7. The van der Waals surface area contributed by atoms with Gasteiger partial charge in [0.25, 0.3) is 5.56 Å². The average Bonchev–Trinajstić information content (AvgIpc) is 2.38. The van der Waals surface area contributed by atoms with Gasteiger partial charge < -0.3 is 15.4 Å². The topological polar surface area (TPSA) is 73.4 Å². The van der Waals surface area contributed by atoms with E-state index in [2.05, 4.69) is 21.0 Å². The van der Waals surface area contributed by atoms with E-state index in [1.807, 2.05) is 11.8 Å². The van der Waals surface area contributed by atoms with E-state index in [9.17, 15) is 4.79 Å². The van der Waals surface area contributed by atoms with Crippen LogP contribution >= 0.6 is 15.9 Å². The summed E-state index contributed by atoms with van der Waals surface area (Å²) in [5.41, 5.74) is 6.18. The predicted octanol–water partition coefficient (Wildman–Crippen LogP) is 0.437. The van der Waals surface area contributed by atoms with E-state index >= 15 is 0 Å². The molecule has 1 aromatic rings. The van der Waals surface area contributed by atoms with Gasteiger partial charge in [0, 0.05) is 26.7 Å². The Hall–Kier alpha value is -0.920. The van der Waals surface area contributed by atoms with Crippen LogP contribution in [0.1, 0.15) is 6.92 Å². The van der Waals surface area contributed by atoms with Crippen LogP contribution in [0.25, 0.3) is 0 Å². The summed E-state index contributed by atoms with van der Waals surface area (Å²) in [6.45, 7) is 4.92. The number of ether oxygens (including phenoxy) is 1. The molecule has 1 aromatic heterocycles. The Balaban J connectivity index is 3.02. The number of anilines is 1. The van der Waals surface area contributed by atoms with Crippen molar-refractivity contribution in [3.63, 3.8) is 0 Å². The van der Waals surface area contributed by atoms with Gasteiger partial charge in [-0.15, -0.1) is 0 Å². The Labute approximate surface area is 115 Å². The predicted molar refractivity (Wildman–Crippen MR) is 75.0 cm³/mol. The smallest absolute Gasteiger partial charge is 0.283 e. The van der Waals surface area contributed by atoms with Crippen LogP contribution in [0.15, 0.2) is 15.5 Å². The number of hydrogen-bond acceptors (Lipinski definition) is 5. The fourth-order valence-electron chi connectivity index (χ4n) is 1.62. The van der Waals surface area contributed by atoms with E-state index in [1.165, 1.54) is 4.68 Å². The van der Waals surface area contributed by atoms with Gasteiger partial charge in [-0.1, -0.05) is 0 Å². The molecule has 0 saturated carbocycles. The van der Waals surface area contributed by atoms with Crippen molar-refractivity contribution in [2.75, 3.05) is 38.3 Å². The van der Waals surface area contributed by atoms with Gasteiger partial charge in [0.15, 0.2) is 0 Å². The molecule has 1 rings (SSSR count). The second-order valence-corrected chi connectivity index (χ2v) is 4.53. The molecule has 0 aliphatic carbocycles. The lowest BCUT2D eigenvalue weighted by molar-refractivity contribution is 0.181. The Morgan fingerprint density at radius 3 is 2.89 bits per heavy atom. The van der Waals surface area contributed by atoms with Gasteiger partial charge in [-0.2, -0.15) is 5.10 Å². The molecule has 7 heteroatoms. The maximum atomic E-state index is 12.1. The van der Waals surface area contributed by atoms with Crippen LogP contribution < -0.4 is 16.2 Å². The normalized spacial score (nSPS) is 10.7. The highest BCUT2D eigenvalue weighted by molar-refractivity contribution is 9.10. The monoisotopic (exact) mass is 318 g/mol. The minimum Gasteiger partial charge on any atom is -0.383 e. The zero-order valence-electron chi connectivity index (χ0n) is 10.7. The summed E-state index contributed by atoms with van der Waals surface area (Å²) in [4.78, 5) is 14.1. The zero-order chi connectivity index (χ0) is 13.5. The number of nitrogens with two attached hydrogens (primary N) is 1. The molecule has 102 valence electrons. The molecule has 0 unspecified atom stereocenters. The van der Waals surface area contributed by atoms with Crippen LogP contribution in [0.3, 0.4) is 0 Å². The Morgan fingerprint density at radius 1 is 1.61 bits per heavy atom. The first-order valence-corrected chi connectivity index (χ1v) is 6.64. The quantitative estimate of drug-likeness (QED) is 0.789. The van der Waals surface area contributed by atoms with Crippen LogP contribution in [0, 0.1) is 0 Å². The largest absolute Gasteiger partial charge is 0.383 e. The van der Waals surface area contributed by atoms with E-state index in [0.29, 0.717) is 30.7 Å². The first kappa shape index (κ1) is 15.1. The third-order valence-electron chi connectivity index (χ3n) is 2.60. The van der Waals surface area contributed by atoms with Crippen molar-refractivity contribution >= 4 is 21.6 Å². The molecule has 0 fully saturated rings. The van der Waals surface area contributed by atoms with E-state index < -0.39 is 0 Å². The van der Waals surface area contributed by atoms with Crippen LogP contribution in [-0.4, -0.2) is 43.1 Å². The molecule has 18 heavy (non-hydrogen) atoms. The second kappa shape index (κ2) is 7.50. The summed E-state index contributed by atoms with van der Waals surface area (Å²) in [5, 5.41) is 4.14. The molecule has 0 atom stereocenters. The lowest BCUT2D eigenvalue weighted by Crippen LogP contribution is -2.33. The van der Waals surface area contributed by atoms with E-state index in [-0.39, 0.29) is 5.56 Å². The molecule has 0 amide bonds. The van der Waals surface area contributed by atoms with Crippen molar-refractivity contribution in [3.8, 4) is 0 Å². The summed E-state index contributed by atoms with van der Waals surface area (Å²) in [6, 6.07) is 0. The third kappa shape index (κ3) is 3.54. The van der Waals surface area contributed by atoms with Crippen LogP contribution in [-0.2, 0) is 11.3 Å². The Morgan fingerprint density at radius 2 is 2.33 bits per heavy atom. The van der Waals surface area contributed by atoms with E-state index in [4.69, 9.17) is 10.5 Å². The van der Waals surface area contributed by atoms with Gasteiger partial charge in [0.2, 0.25) is 0 Å². The SMILES string of the molecule is CCN(CCN)c1cnn(CCOC)c(=O)c1Br. The zero-order valence-corrected chi connectivity index (χ0v) is 12.3. The number of hydrogen-bond donors (Lipinski definition) is 1. The number of likely N-dealkylation sites (N-methyl/N-ethyl adjacent to an activating group) is 1. The average molecular weight is 319 g/mol. The summed E-state index contributed by atoms with van der Waals surface area (Å²) in [5.74, 6) is 0. The van der Waals surface area contributed by atoms with Gasteiger partial charge in [-0.05, 0) is 22.9 Å². The summed E-state index contributed by atoms with van der Waals surface area (Å²) < 4.78 is 6.84. The molecule has 0 aromatic carbocycles. The molecule has 0 aliphatic rings. The molecular weight excluding hydrogens is 300 g/mol. The number of halogens is 1. The summed E-state index contributed by atoms with van der Waals surface area (Å²) in [7, 11) is 1.59.